The van der Waals surface area contributed by atoms with Crippen LogP contribution in [0.2, 0.25) is 0 Å². The third-order valence-corrected chi connectivity index (χ3v) is 11.6. The Morgan fingerprint density at radius 3 is 1.60 bits per heavy atom. The molecule has 290 valence electrons. The van der Waals surface area contributed by atoms with E-state index in [9.17, 15) is 0 Å². The fourth-order valence-electron chi connectivity index (χ4n) is 8.59. The van der Waals surface area contributed by atoms with E-state index >= 15 is 0 Å². The molecular formula is C56H34N4O2. The van der Waals surface area contributed by atoms with Crippen molar-refractivity contribution in [3.63, 3.8) is 0 Å². The van der Waals surface area contributed by atoms with Crippen molar-refractivity contribution >= 4 is 43.8 Å². The molecule has 4 aromatic heterocycles. The van der Waals surface area contributed by atoms with Gasteiger partial charge in [-0.2, -0.15) is 0 Å². The number of nitrogens with zero attached hydrogens (tertiary/aromatic N) is 4. The lowest BCUT2D eigenvalue weighted by Gasteiger charge is -2.10. The molecule has 0 atom stereocenters. The molecule has 0 bridgehead atoms. The summed E-state index contributed by atoms with van der Waals surface area (Å²) >= 11 is 0. The van der Waals surface area contributed by atoms with Gasteiger partial charge in [0.05, 0.1) is 5.52 Å². The van der Waals surface area contributed by atoms with Crippen LogP contribution in [0.4, 0.5) is 0 Å². The van der Waals surface area contributed by atoms with Gasteiger partial charge in [0, 0.05) is 60.5 Å². The maximum absolute atomic E-state index is 7.16. The van der Waals surface area contributed by atoms with Gasteiger partial charge in [-0.05, 0) is 29.3 Å². The molecule has 0 aliphatic carbocycles. The monoisotopic (exact) mass is 794 g/mol. The van der Waals surface area contributed by atoms with Crippen molar-refractivity contribution in [1.82, 2.24) is 19.9 Å². The van der Waals surface area contributed by atoms with Gasteiger partial charge < -0.3 is 8.83 Å². The van der Waals surface area contributed by atoms with E-state index in [1.807, 2.05) is 72.8 Å². The van der Waals surface area contributed by atoms with Crippen molar-refractivity contribution in [3.8, 4) is 79.0 Å². The molecule has 12 rings (SSSR count). The molecule has 0 spiro atoms. The van der Waals surface area contributed by atoms with Crippen LogP contribution < -0.4 is 0 Å². The van der Waals surface area contributed by atoms with Crippen LogP contribution in [0.25, 0.3) is 123 Å². The maximum atomic E-state index is 7.16. The van der Waals surface area contributed by atoms with Crippen LogP contribution in [0.1, 0.15) is 0 Å². The van der Waals surface area contributed by atoms with Crippen molar-refractivity contribution in [3.05, 3.63) is 206 Å². The fourth-order valence-corrected chi connectivity index (χ4v) is 8.59. The third kappa shape index (κ3) is 6.04. The van der Waals surface area contributed by atoms with Gasteiger partial charge in [-0.1, -0.05) is 188 Å². The highest BCUT2D eigenvalue weighted by atomic mass is 16.3. The molecule has 8 aromatic carbocycles. The van der Waals surface area contributed by atoms with Crippen molar-refractivity contribution in [2.75, 3.05) is 0 Å². The number of aromatic nitrogens is 4. The van der Waals surface area contributed by atoms with E-state index in [0.717, 1.165) is 94.0 Å². The van der Waals surface area contributed by atoms with Gasteiger partial charge in [-0.15, -0.1) is 0 Å². The third-order valence-electron chi connectivity index (χ3n) is 11.6. The van der Waals surface area contributed by atoms with E-state index in [4.69, 9.17) is 28.8 Å². The molecule has 0 saturated carbocycles. The molecule has 0 radical (unpaired) electrons. The minimum absolute atomic E-state index is 0.573. The van der Waals surface area contributed by atoms with Crippen LogP contribution in [0.15, 0.2) is 215 Å². The van der Waals surface area contributed by atoms with Crippen LogP contribution in [0.5, 0.6) is 0 Å². The summed E-state index contributed by atoms with van der Waals surface area (Å²) in [6.45, 7) is 0. The molecule has 0 amide bonds. The number of rotatable bonds is 7. The highest BCUT2D eigenvalue weighted by Crippen LogP contribution is 2.49. The Kier molecular flexibility index (Phi) is 8.38. The van der Waals surface area contributed by atoms with Gasteiger partial charge in [-0.3, -0.25) is 0 Å². The highest BCUT2D eigenvalue weighted by molar-refractivity contribution is 6.21. The number of hydrogen-bond donors (Lipinski definition) is 0. The molecule has 0 N–H and O–H groups in total. The molecule has 6 nitrogen and oxygen atoms in total. The van der Waals surface area contributed by atoms with Crippen molar-refractivity contribution in [2.24, 2.45) is 0 Å². The lowest BCUT2D eigenvalue weighted by molar-refractivity contribution is 0.632. The summed E-state index contributed by atoms with van der Waals surface area (Å²) < 4.78 is 13.9. The summed E-state index contributed by atoms with van der Waals surface area (Å²) in [5, 5.41) is 4.09. The normalized spacial score (nSPS) is 11.5. The summed E-state index contributed by atoms with van der Waals surface area (Å²) in [6, 6.07) is 70.2. The minimum Gasteiger partial charge on any atom is -0.455 e. The Labute approximate surface area is 356 Å². The number of fused-ring (bicyclic) bond motifs is 6. The first-order valence-electron chi connectivity index (χ1n) is 20.6. The number of pyridine rings is 1. The standard InChI is InChI=1S/C56H34N4O2/c1-4-16-35(17-5-1)40-22-14-23-41(34-40)56-59-54(38-20-8-3-9-21-38)58-55(60-56)39-32-30-37(31-33-39)51-49(45-27-15-26-43-42-24-11-13-29-47(42)61-52(43)45)48-44-25-10-12-28-46(44)57-50(53(48)62-51)36-18-6-2-7-19-36/h1-34H. The van der Waals surface area contributed by atoms with Gasteiger partial charge in [0.1, 0.15) is 22.6 Å². The van der Waals surface area contributed by atoms with Crippen LogP contribution in [-0.2, 0) is 0 Å². The molecule has 6 heteroatoms. The molecule has 0 unspecified atom stereocenters. The van der Waals surface area contributed by atoms with Gasteiger partial charge >= 0.3 is 0 Å². The number of furan rings is 2. The van der Waals surface area contributed by atoms with E-state index in [1.165, 1.54) is 0 Å². The summed E-state index contributed by atoms with van der Waals surface area (Å²) in [5.41, 5.74) is 12.7. The van der Waals surface area contributed by atoms with E-state index < -0.39 is 0 Å². The van der Waals surface area contributed by atoms with Crippen LogP contribution >= 0.6 is 0 Å². The Bertz CT molecular complexity index is 3620. The quantitative estimate of drug-likeness (QED) is 0.160. The first-order chi connectivity index (χ1) is 30.7. The molecule has 0 fully saturated rings. The zero-order chi connectivity index (χ0) is 41.0. The van der Waals surface area contributed by atoms with Gasteiger partial charge in [0.2, 0.25) is 0 Å². The number of para-hydroxylation sites is 3. The van der Waals surface area contributed by atoms with Crippen molar-refractivity contribution < 1.29 is 8.83 Å². The second-order valence-electron chi connectivity index (χ2n) is 15.3. The van der Waals surface area contributed by atoms with Crippen molar-refractivity contribution in [1.29, 1.82) is 0 Å². The average molecular weight is 795 g/mol. The first-order valence-corrected chi connectivity index (χ1v) is 20.6. The summed E-state index contributed by atoms with van der Waals surface area (Å²) in [5.74, 6) is 2.49. The largest absolute Gasteiger partial charge is 0.455 e. The molecule has 62 heavy (non-hydrogen) atoms. The second-order valence-corrected chi connectivity index (χ2v) is 15.3. The van der Waals surface area contributed by atoms with Crippen molar-refractivity contribution in [2.45, 2.75) is 0 Å². The molecule has 0 aliphatic heterocycles. The predicted octanol–water partition coefficient (Wildman–Crippen LogP) is 14.7. The number of benzene rings is 8. The molecule has 4 heterocycles. The summed E-state index contributed by atoms with van der Waals surface area (Å²) in [7, 11) is 0. The average Bonchev–Trinajstić information content (AvgIpc) is 3.95. The van der Waals surface area contributed by atoms with Crippen LogP contribution in [-0.4, -0.2) is 19.9 Å². The zero-order valence-electron chi connectivity index (χ0n) is 33.2. The minimum atomic E-state index is 0.573. The van der Waals surface area contributed by atoms with Gasteiger partial charge in [0.15, 0.2) is 23.1 Å². The lowest BCUT2D eigenvalue weighted by atomic mass is 9.94. The maximum Gasteiger partial charge on any atom is 0.164 e. The molecule has 0 aliphatic rings. The molecule has 12 aromatic rings. The smallest absolute Gasteiger partial charge is 0.164 e. The lowest BCUT2D eigenvalue weighted by Crippen LogP contribution is -2.00. The van der Waals surface area contributed by atoms with E-state index in [-0.39, 0.29) is 0 Å². The van der Waals surface area contributed by atoms with E-state index in [2.05, 4.69) is 133 Å². The van der Waals surface area contributed by atoms with Crippen LogP contribution in [0.3, 0.4) is 0 Å². The SMILES string of the molecule is c1ccc(-c2cccc(-c3nc(-c4ccccc4)nc(-c4ccc(-c5oc6c(-c7ccccc7)nc7ccccc7c6c5-c5cccc6c5oc5ccccc56)cc4)n3)c2)cc1. The fraction of sp³-hybridized carbons (Fsp3) is 0. The zero-order valence-corrected chi connectivity index (χ0v) is 33.2. The highest BCUT2D eigenvalue weighted by Gasteiger charge is 2.27. The van der Waals surface area contributed by atoms with E-state index in [1.54, 1.807) is 0 Å². The summed E-state index contributed by atoms with van der Waals surface area (Å²) in [6.07, 6.45) is 0. The van der Waals surface area contributed by atoms with Crippen LogP contribution in [0, 0.1) is 0 Å². The topological polar surface area (TPSA) is 77.8 Å². The second kappa shape index (κ2) is 14.7. The Balaban J connectivity index is 1.06. The molecule has 0 saturated heterocycles. The van der Waals surface area contributed by atoms with Gasteiger partial charge in [0.25, 0.3) is 0 Å². The summed E-state index contributed by atoms with van der Waals surface area (Å²) in [4.78, 5) is 20.4. The Hall–Kier alpha value is -8.48. The Morgan fingerprint density at radius 2 is 0.855 bits per heavy atom. The number of hydrogen-bond acceptors (Lipinski definition) is 6. The molecular weight excluding hydrogens is 761 g/mol. The predicted molar refractivity (Wildman–Crippen MR) is 250 cm³/mol. The Morgan fingerprint density at radius 1 is 0.323 bits per heavy atom. The van der Waals surface area contributed by atoms with Gasteiger partial charge in [-0.25, -0.2) is 19.9 Å². The van der Waals surface area contributed by atoms with E-state index in [0.29, 0.717) is 28.8 Å². The first kappa shape index (κ1) is 35.5.